The summed E-state index contributed by atoms with van der Waals surface area (Å²) in [4.78, 5) is 18.0. The molecule has 1 amide bonds. The highest BCUT2D eigenvalue weighted by atomic mass is 32.2. The fourth-order valence-corrected chi connectivity index (χ4v) is 5.80. The highest BCUT2D eigenvalue weighted by molar-refractivity contribution is 7.89. The summed E-state index contributed by atoms with van der Waals surface area (Å²) in [6.45, 7) is 7.03. The van der Waals surface area contributed by atoms with Gasteiger partial charge in [-0.05, 0) is 45.0 Å². The number of thiazole rings is 1. The van der Waals surface area contributed by atoms with E-state index in [1.807, 2.05) is 23.6 Å². The summed E-state index contributed by atoms with van der Waals surface area (Å²) in [6, 6.07) is 9.35. The van der Waals surface area contributed by atoms with Crippen molar-refractivity contribution in [3.05, 3.63) is 46.8 Å². The van der Waals surface area contributed by atoms with Gasteiger partial charge in [0.1, 0.15) is 0 Å². The van der Waals surface area contributed by atoms with E-state index in [1.165, 1.54) is 47.0 Å². The van der Waals surface area contributed by atoms with E-state index >= 15 is 0 Å². The second-order valence-corrected chi connectivity index (χ2v) is 11.0. The maximum Gasteiger partial charge on any atom is 0.279 e. The molecular formula is C24H31N3O6S2. The highest BCUT2D eigenvalue weighted by Gasteiger charge is 2.23. The lowest BCUT2D eigenvalue weighted by Gasteiger charge is -2.20. The SMILES string of the molecule is CCOCCn1c(=NC(=O)c2ccc(S(=O)(=O)N(C)C(C)C)cc2)sc2cc(OC)c(OC)cc21. The third-order valence-corrected chi connectivity index (χ3v) is 8.64. The first-order chi connectivity index (χ1) is 16.6. The van der Waals surface area contributed by atoms with Gasteiger partial charge in [0.25, 0.3) is 5.91 Å². The molecule has 1 heterocycles. The van der Waals surface area contributed by atoms with Crippen LogP contribution >= 0.6 is 11.3 Å². The van der Waals surface area contributed by atoms with Crippen LogP contribution in [0.25, 0.3) is 10.2 Å². The van der Waals surface area contributed by atoms with Gasteiger partial charge in [-0.1, -0.05) is 11.3 Å². The Morgan fingerprint density at radius 3 is 2.31 bits per heavy atom. The number of hydrogen-bond donors (Lipinski definition) is 0. The lowest BCUT2D eigenvalue weighted by Crippen LogP contribution is -2.33. The summed E-state index contributed by atoms with van der Waals surface area (Å²) in [5.41, 5.74) is 1.14. The maximum absolute atomic E-state index is 13.0. The van der Waals surface area contributed by atoms with E-state index in [4.69, 9.17) is 14.2 Å². The zero-order valence-corrected chi connectivity index (χ0v) is 22.4. The van der Waals surface area contributed by atoms with Crippen LogP contribution in [-0.4, -0.2) is 63.7 Å². The number of benzene rings is 2. The van der Waals surface area contributed by atoms with Crippen molar-refractivity contribution in [2.24, 2.45) is 4.99 Å². The molecule has 0 fully saturated rings. The first kappa shape index (κ1) is 26.9. The molecule has 0 saturated carbocycles. The molecule has 2 aromatic carbocycles. The molecule has 0 N–H and O–H groups in total. The summed E-state index contributed by atoms with van der Waals surface area (Å²) >= 11 is 1.35. The fourth-order valence-electron chi connectivity index (χ4n) is 3.36. The number of amides is 1. The Bertz CT molecular complexity index is 1360. The lowest BCUT2D eigenvalue weighted by molar-refractivity contribution is 0.0996. The van der Waals surface area contributed by atoms with Gasteiger partial charge in [-0.25, -0.2) is 8.42 Å². The van der Waals surface area contributed by atoms with Crippen LogP contribution < -0.4 is 14.3 Å². The number of carbonyl (C=O) groups is 1. The Labute approximate surface area is 209 Å². The van der Waals surface area contributed by atoms with Gasteiger partial charge in [0.15, 0.2) is 16.3 Å². The van der Waals surface area contributed by atoms with Crippen molar-refractivity contribution in [3.8, 4) is 11.5 Å². The lowest BCUT2D eigenvalue weighted by atomic mass is 10.2. The average Bonchev–Trinajstić information content (AvgIpc) is 3.18. The maximum atomic E-state index is 13.0. The summed E-state index contributed by atoms with van der Waals surface area (Å²) < 4.78 is 45.9. The smallest absolute Gasteiger partial charge is 0.279 e. The van der Waals surface area contributed by atoms with E-state index in [0.717, 1.165) is 10.2 Å². The van der Waals surface area contributed by atoms with Gasteiger partial charge in [0, 0.05) is 43.9 Å². The molecule has 0 aliphatic heterocycles. The molecule has 0 aliphatic carbocycles. The molecule has 0 bridgehead atoms. The standard InChI is InChI=1S/C24H31N3O6S2/c1-7-33-13-12-27-19-14-20(31-5)21(32-6)15-22(19)34-24(27)25-23(28)17-8-10-18(11-9-17)35(29,30)26(4)16(2)3/h8-11,14-16H,7,12-13H2,1-6H3. The first-order valence-corrected chi connectivity index (χ1v) is 13.4. The van der Waals surface area contributed by atoms with Crippen molar-refractivity contribution in [2.75, 3.05) is 34.5 Å². The zero-order chi connectivity index (χ0) is 25.8. The van der Waals surface area contributed by atoms with Gasteiger partial charge in [-0.3, -0.25) is 4.79 Å². The predicted octanol–water partition coefficient (Wildman–Crippen LogP) is 3.53. The van der Waals surface area contributed by atoms with Gasteiger partial charge in [0.2, 0.25) is 10.0 Å². The molecule has 0 atom stereocenters. The number of ether oxygens (including phenoxy) is 3. The molecule has 35 heavy (non-hydrogen) atoms. The number of methoxy groups -OCH3 is 2. The van der Waals surface area contributed by atoms with Crippen LogP contribution in [0.2, 0.25) is 0 Å². The third kappa shape index (κ3) is 5.75. The van der Waals surface area contributed by atoms with Crippen molar-refractivity contribution < 1.29 is 27.4 Å². The van der Waals surface area contributed by atoms with Crippen LogP contribution in [0.5, 0.6) is 11.5 Å². The number of nitrogens with zero attached hydrogens (tertiary/aromatic N) is 3. The molecule has 3 rings (SSSR count). The molecule has 190 valence electrons. The molecule has 3 aromatic rings. The molecule has 11 heteroatoms. The molecule has 0 unspecified atom stereocenters. The Morgan fingerprint density at radius 1 is 1.11 bits per heavy atom. The summed E-state index contributed by atoms with van der Waals surface area (Å²) in [6.07, 6.45) is 0. The Morgan fingerprint density at radius 2 is 1.74 bits per heavy atom. The normalized spacial score (nSPS) is 12.6. The van der Waals surface area contributed by atoms with E-state index in [-0.39, 0.29) is 10.9 Å². The fraction of sp³-hybridized carbons (Fsp3) is 0.417. The zero-order valence-electron chi connectivity index (χ0n) is 20.8. The van der Waals surface area contributed by atoms with E-state index < -0.39 is 15.9 Å². The van der Waals surface area contributed by atoms with Gasteiger partial charge >= 0.3 is 0 Å². The number of hydrogen-bond acceptors (Lipinski definition) is 7. The van der Waals surface area contributed by atoms with Crippen molar-refractivity contribution in [3.63, 3.8) is 0 Å². The van der Waals surface area contributed by atoms with Crippen LogP contribution in [0.3, 0.4) is 0 Å². The molecule has 9 nitrogen and oxygen atoms in total. The second kappa shape index (κ2) is 11.3. The topological polar surface area (TPSA) is 99.4 Å². The monoisotopic (exact) mass is 521 g/mol. The van der Waals surface area contributed by atoms with Crippen molar-refractivity contribution >= 4 is 37.5 Å². The Kier molecular flexibility index (Phi) is 8.70. The molecule has 0 radical (unpaired) electrons. The van der Waals surface area contributed by atoms with Crippen molar-refractivity contribution in [1.29, 1.82) is 0 Å². The van der Waals surface area contributed by atoms with E-state index in [9.17, 15) is 13.2 Å². The van der Waals surface area contributed by atoms with E-state index in [2.05, 4.69) is 4.99 Å². The van der Waals surface area contributed by atoms with Gasteiger partial charge < -0.3 is 18.8 Å². The predicted molar refractivity (Wildman–Crippen MR) is 136 cm³/mol. The van der Waals surface area contributed by atoms with Crippen LogP contribution in [0.4, 0.5) is 0 Å². The van der Waals surface area contributed by atoms with Crippen LogP contribution in [0.15, 0.2) is 46.3 Å². The largest absolute Gasteiger partial charge is 0.493 e. The number of fused-ring (bicyclic) bond motifs is 1. The summed E-state index contributed by atoms with van der Waals surface area (Å²) in [7, 11) is 1.03. The van der Waals surface area contributed by atoms with Gasteiger partial charge in [0.05, 0.1) is 35.9 Å². The number of sulfonamides is 1. The highest BCUT2D eigenvalue weighted by Crippen LogP contribution is 2.33. The molecule has 0 spiro atoms. The van der Waals surface area contributed by atoms with Crippen molar-refractivity contribution in [1.82, 2.24) is 8.87 Å². The van der Waals surface area contributed by atoms with E-state index in [0.29, 0.717) is 41.6 Å². The van der Waals surface area contributed by atoms with Crippen LogP contribution in [0.1, 0.15) is 31.1 Å². The quantitative estimate of drug-likeness (QED) is 0.379. The molecular weight excluding hydrogens is 490 g/mol. The van der Waals surface area contributed by atoms with Crippen LogP contribution in [-0.2, 0) is 21.3 Å². The minimum Gasteiger partial charge on any atom is -0.493 e. The summed E-state index contributed by atoms with van der Waals surface area (Å²) in [5, 5.41) is 0. The van der Waals surface area contributed by atoms with Gasteiger partial charge in [-0.15, -0.1) is 0 Å². The van der Waals surface area contributed by atoms with Crippen LogP contribution in [0, 0.1) is 0 Å². The second-order valence-electron chi connectivity index (χ2n) is 7.96. The number of aromatic nitrogens is 1. The minimum absolute atomic E-state index is 0.123. The first-order valence-electron chi connectivity index (χ1n) is 11.1. The number of rotatable bonds is 10. The van der Waals surface area contributed by atoms with Crippen molar-refractivity contribution in [2.45, 2.75) is 38.3 Å². The Hall–Kier alpha value is -2.73. The minimum atomic E-state index is -3.64. The van der Waals surface area contributed by atoms with E-state index in [1.54, 1.807) is 28.1 Å². The van der Waals surface area contributed by atoms with Gasteiger partial charge in [-0.2, -0.15) is 9.30 Å². The third-order valence-electron chi connectivity index (χ3n) is 5.55. The molecule has 0 aliphatic rings. The molecule has 1 aromatic heterocycles. The molecule has 0 saturated heterocycles. The Balaban J connectivity index is 2.03. The summed E-state index contributed by atoms with van der Waals surface area (Å²) in [5.74, 6) is 0.685. The number of carbonyl (C=O) groups excluding carboxylic acids is 1. The average molecular weight is 522 g/mol.